The lowest BCUT2D eigenvalue weighted by atomic mass is 9.62. The zero-order chi connectivity index (χ0) is 18.1. The van der Waals surface area contributed by atoms with Gasteiger partial charge in [0.05, 0.1) is 6.10 Å². The third kappa shape index (κ3) is 3.73. The van der Waals surface area contributed by atoms with E-state index in [0.29, 0.717) is 23.6 Å². The second-order valence-corrected chi connectivity index (χ2v) is 7.97. The summed E-state index contributed by atoms with van der Waals surface area (Å²) in [6, 6.07) is 3.84. The van der Waals surface area contributed by atoms with E-state index in [2.05, 4.69) is 9.88 Å². The van der Waals surface area contributed by atoms with E-state index in [9.17, 15) is 4.79 Å². The molecule has 2 N–H and O–H groups in total. The average molecular weight is 396 g/mol. The molecular weight excluding hydrogens is 366 g/mol. The molecule has 2 bridgehead atoms. The van der Waals surface area contributed by atoms with Gasteiger partial charge in [-0.15, -0.1) is 12.4 Å². The highest BCUT2D eigenvalue weighted by Crippen LogP contribution is 2.51. The fourth-order valence-electron chi connectivity index (χ4n) is 5.48. The Labute approximate surface area is 167 Å². The van der Waals surface area contributed by atoms with Gasteiger partial charge in [0.15, 0.2) is 0 Å². The third-order valence-electron chi connectivity index (χ3n) is 6.56. The lowest BCUT2D eigenvalue weighted by molar-refractivity contribution is -0.171. The Morgan fingerprint density at radius 2 is 2.07 bits per heavy atom. The van der Waals surface area contributed by atoms with Crippen LogP contribution in [0.2, 0.25) is 0 Å². The molecule has 6 nitrogen and oxygen atoms in total. The fraction of sp³-hybridized carbons (Fsp3) is 0.700. The van der Waals surface area contributed by atoms with Crippen LogP contribution in [0.15, 0.2) is 18.3 Å². The summed E-state index contributed by atoms with van der Waals surface area (Å²) in [5.41, 5.74) is 6.48. The molecule has 1 amide bonds. The number of primary amides is 1. The van der Waals surface area contributed by atoms with Crippen molar-refractivity contribution in [2.45, 2.75) is 43.8 Å². The molecule has 4 rings (SSSR count). The number of piperidine rings is 1. The summed E-state index contributed by atoms with van der Waals surface area (Å²) in [5, 5.41) is 0. The average Bonchev–Trinajstić information content (AvgIpc) is 3.14. The van der Waals surface area contributed by atoms with E-state index in [-0.39, 0.29) is 18.0 Å². The van der Waals surface area contributed by atoms with E-state index >= 15 is 0 Å². The van der Waals surface area contributed by atoms with Gasteiger partial charge in [0.2, 0.25) is 0 Å². The Hall–Kier alpha value is -1.21. The summed E-state index contributed by atoms with van der Waals surface area (Å²) in [7, 11) is 1.81. The Bertz CT molecular complexity index is 652. The van der Waals surface area contributed by atoms with Crippen LogP contribution in [-0.2, 0) is 15.1 Å². The largest absolute Gasteiger partial charge is 0.377 e. The summed E-state index contributed by atoms with van der Waals surface area (Å²) in [6.45, 7) is 3.95. The maximum atomic E-state index is 11.6. The molecular formula is C20H30ClN3O3. The quantitative estimate of drug-likeness (QED) is 0.828. The number of aromatic nitrogens is 1. The Morgan fingerprint density at radius 3 is 2.67 bits per heavy atom. The number of nitrogens with zero attached hydrogens (tertiary/aromatic N) is 2. The smallest absolute Gasteiger partial charge is 0.267 e. The van der Waals surface area contributed by atoms with E-state index in [1.54, 1.807) is 6.20 Å². The molecule has 1 aromatic rings. The fourth-order valence-corrected chi connectivity index (χ4v) is 5.48. The summed E-state index contributed by atoms with van der Waals surface area (Å²) < 4.78 is 12.1. The monoisotopic (exact) mass is 395 g/mol. The maximum Gasteiger partial charge on any atom is 0.267 e. The number of pyridine rings is 1. The highest BCUT2D eigenvalue weighted by atomic mass is 35.5. The summed E-state index contributed by atoms with van der Waals surface area (Å²) in [6.07, 6.45) is 7.94. The van der Waals surface area contributed by atoms with Crippen molar-refractivity contribution in [3.8, 4) is 0 Å². The van der Waals surface area contributed by atoms with Gasteiger partial charge in [0, 0.05) is 51.4 Å². The van der Waals surface area contributed by atoms with E-state index in [1.165, 1.54) is 19.3 Å². The maximum absolute atomic E-state index is 11.6. The number of methoxy groups -OCH3 is 1. The molecule has 2 aliphatic heterocycles. The molecule has 2 saturated heterocycles. The molecule has 27 heavy (non-hydrogen) atoms. The van der Waals surface area contributed by atoms with Gasteiger partial charge in [-0.05, 0) is 43.4 Å². The van der Waals surface area contributed by atoms with Crippen molar-refractivity contribution >= 4 is 18.3 Å². The van der Waals surface area contributed by atoms with Gasteiger partial charge in [-0.3, -0.25) is 14.7 Å². The molecule has 3 fully saturated rings. The first-order valence-corrected chi connectivity index (χ1v) is 9.79. The molecule has 0 aromatic carbocycles. The topological polar surface area (TPSA) is 77.7 Å². The molecule has 7 heteroatoms. The van der Waals surface area contributed by atoms with Crippen molar-refractivity contribution in [3.63, 3.8) is 0 Å². The lowest BCUT2D eigenvalue weighted by Crippen LogP contribution is -2.59. The normalized spacial score (nSPS) is 33.4. The van der Waals surface area contributed by atoms with Crippen molar-refractivity contribution in [2.24, 2.45) is 17.6 Å². The van der Waals surface area contributed by atoms with E-state index < -0.39 is 5.91 Å². The van der Waals surface area contributed by atoms with Gasteiger partial charge in [-0.2, -0.15) is 0 Å². The number of carbonyl (C=O) groups excluding carboxylic acids is 1. The third-order valence-corrected chi connectivity index (χ3v) is 6.56. The van der Waals surface area contributed by atoms with Crippen LogP contribution in [0.25, 0.3) is 0 Å². The number of halogens is 1. The van der Waals surface area contributed by atoms with Crippen LogP contribution in [0.4, 0.5) is 0 Å². The van der Waals surface area contributed by atoms with Gasteiger partial charge in [-0.25, -0.2) is 0 Å². The lowest BCUT2D eigenvalue weighted by Gasteiger charge is -2.55. The minimum Gasteiger partial charge on any atom is -0.377 e. The van der Waals surface area contributed by atoms with Crippen LogP contribution in [0.1, 0.15) is 48.2 Å². The zero-order valence-corrected chi connectivity index (χ0v) is 16.7. The van der Waals surface area contributed by atoms with Gasteiger partial charge in [0.25, 0.3) is 5.91 Å². The number of nitrogens with two attached hydrogens (primary N) is 1. The van der Waals surface area contributed by atoms with Gasteiger partial charge < -0.3 is 15.2 Å². The zero-order valence-electron chi connectivity index (χ0n) is 15.9. The number of likely N-dealkylation sites (tertiary alicyclic amines) is 1. The predicted octanol–water partition coefficient (Wildman–Crippen LogP) is 2.35. The molecule has 0 radical (unpaired) electrons. The molecule has 1 saturated carbocycles. The van der Waals surface area contributed by atoms with E-state index in [1.807, 2.05) is 19.2 Å². The van der Waals surface area contributed by atoms with E-state index in [4.69, 9.17) is 15.2 Å². The van der Waals surface area contributed by atoms with Crippen molar-refractivity contribution in [1.82, 2.24) is 9.88 Å². The van der Waals surface area contributed by atoms with Gasteiger partial charge in [0.1, 0.15) is 11.3 Å². The number of fused-ring (bicyclic) bond motifs is 2. The molecule has 1 aliphatic carbocycles. The number of hydrogen-bond acceptors (Lipinski definition) is 5. The van der Waals surface area contributed by atoms with Crippen molar-refractivity contribution in [2.75, 3.05) is 33.4 Å². The van der Waals surface area contributed by atoms with Crippen LogP contribution in [0, 0.1) is 11.8 Å². The second kappa shape index (κ2) is 8.43. The van der Waals surface area contributed by atoms with Crippen LogP contribution < -0.4 is 5.73 Å². The Balaban J connectivity index is 0.00000210. The Kier molecular flexibility index (Phi) is 6.41. The molecule has 3 aliphatic rings. The second-order valence-electron chi connectivity index (χ2n) is 7.97. The van der Waals surface area contributed by atoms with Crippen LogP contribution >= 0.6 is 12.4 Å². The first-order valence-electron chi connectivity index (χ1n) is 9.79. The van der Waals surface area contributed by atoms with Crippen molar-refractivity contribution in [1.29, 1.82) is 0 Å². The van der Waals surface area contributed by atoms with Gasteiger partial charge >= 0.3 is 0 Å². The van der Waals surface area contributed by atoms with Gasteiger partial charge in [-0.1, -0.05) is 6.42 Å². The van der Waals surface area contributed by atoms with Crippen LogP contribution in [-0.4, -0.2) is 55.2 Å². The number of ether oxygens (including phenoxy) is 2. The standard InChI is InChI=1S/C20H29N3O3.ClH/c1-25-20(14-7-8-22-18(10-14)19(21)24)15-4-2-5-16(20)12-23(11-15)13-17-6-3-9-26-17;/h7-8,10,15-17H,2-6,9,11-13H2,1H3,(H2,21,24);1H/t15-,16+,17-,20+;/m0./s1. The highest BCUT2D eigenvalue weighted by Gasteiger charge is 2.53. The number of rotatable bonds is 5. The van der Waals surface area contributed by atoms with E-state index in [0.717, 1.165) is 44.6 Å². The summed E-state index contributed by atoms with van der Waals surface area (Å²) >= 11 is 0. The molecule has 4 atom stereocenters. The number of hydrogen-bond donors (Lipinski definition) is 1. The molecule has 3 heterocycles. The first kappa shape index (κ1) is 20.5. The summed E-state index contributed by atoms with van der Waals surface area (Å²) in [5.74, 6) is 0.327. The minimum absolute atomic E-state index is 0. The molecule has 1 aromatic heterocycles. The van der Waals surface area contributed by atoms with Crippen LogP contribution in [0.3, 0.4) is 0 Å². The number of amides is 1. The minimum atomic E-state index is -0.487. The predicted molar refractivity (Wildman–Crippen MR) is 105 cm³/mol. The summed E-state index contributed by atoms with van der Waals surface area (Å²) in [4.78, 5) is 18.3. The highest BCUT2D eigenvalue weighted by molar-refractivity contribution is 5.90. The van der Waals surface area contributed by atoms with Crippen molar-refractivity contribution in [3.05, 3.63) is 29.6 Å². The molecule has 0 unspecified atom stereocenters. The van der Waals surface area contributed by atoms with Crippen molar-refractivity contribution < 1.29 is 14.3 Å². The molecule has 0 spiro atoms. The Morgan fingerprint density at radius 1 is 1.33 bits per heavy atom. The van der Waals surface area contributed by atoms with Crippen LogP contribution in [0.5, 0.6) is 0 Å². The first-order chi connectivity index (χ1) is 12.6. The molecule has 150 valence electrons. The number of carbonyl (C=O) groups is 1. The SMILES string of the molecule is CO[C@@]1(c2ccnc(C(N)=O)c2)[C@@H]2CCC[C@H]1CN(C[C@@H]1CCCO1)C2.Cl.